The lowest BCUT2D eigenvalue weighted by Crippen LogP contribution is -2.19. The van der Waals surface area contributed by atoms with Gasteiger partial charge in [-0.1, -0.05) is 0 Å². The predicted molar refractivity (Wildman–Crippen MR) is 38.0 cm³/mol. The third-order valence-corrected chi connectivity index (χ3v) is 0.804. The van der Waals surface area contributed by atoms with Crippen LogP contribution in [0, 0.1) is 0 Å². The van der Waals surface area contributed by atoms with E-state index >= 15 is 0 Å². The Bertz CT molecular complexity index is 139. The second kappa shape index (κ2) is 4.67. The van der Waals surface area contributed by atoms with E-state index in [1.54, 1.807) is 13.1 Å². The van der Waals surface area contributed by atoms with Gasteiger partial charge in [0.15, 0.2) is 0 Å². The minimum absolute atomic E-state index is 0.158. The van der Waals surface area contributed by atoms with Crippen LogP contribution in [-0.4, -0.2) is 19.6 Å². The quantitative estimate of drug-likeness (QED) is 0.527. The van der Waals surface area contributed by atoms with Crippen LogP contribution in [0.4, 0.5) is 0 Å². The zero-order valence-electron chi connectivity index (χ0n) is 6.18. The molecule has 0 aliphatic rings. The summed E-state index contributed by atoms with van der Waals surface area (Å²) in [4.78, 5) is 10.4. The maximum atomic E-state index is 10.4. The van der Waals surface area contributed by atoms with Crippen molar-refractivity contribution in [3.63, 3.8) is 0 Å². The molecular weight excluding hydrogens is 132 g/mol. The molecule has 0 amide bonds. The van der Waals surface area contributed by atoms with Crippen molar-refractivity contribution in [1.82, 2.24) is 5.32 Å². The van der Waals surface area contributed by atoms with Crippen molar-refractivity contribution in [2.75, 3.05) is 13.7 Å². The van der Waals surface area contributed by atoms with Crippen molar-refractivity contribution in [3.8, 4) is 0 Å². The first-order valence-corrected chi connectivity index (χ1v) is 2.89. The van der Waals surface area contributed by atoms with Gasteiger partial charge in [-0.25, -0.2) is 0 Å². The Balaban J connectivity index is 3.37. The zero-order valence-corrected chi connectivity index (χ0v) is 6.18. The van der Waals surface area contributed by atoms with Gasteiger partial charge in [-0.05, 0) is 6.92 Å². The molecule has 10 heavy (non-hydrogen) atoms. The first-order valence-electron chi connectivity index (χ1n) is 2.89. The number of nitrogens with two attached hydrogens (primary N) is 1. The summed E-state index contributed by atoms with van der Waals surface area (Å²) in [7, 11) is 1.34. The molecule has 0 unspecified atom stereocenters. The normalized spacial score (nSPS) is 10.8. The summed E-state index contributed by atoms with van der Waals surface area (Å²) >= 11 is 0. The van der Waals surface area contributed by atoms with Crippen LogP contribution in [-0.2, 0) is 9.53 Å². The SMILES string of the molecule is COC(=O)CNC=C(C)N. The number of esters is 1. The summed E-state index contributed by atoms with van der Waals surface area (Å²) < 4.78 is 4.36. The first kappa shape index (κ1) is 8.81. The second-order valence-corrected chi connectivity index (χ2v) is 1.85. The minimum atomic E-state index is -0.308. The van der Waals surface area contributed by atoms with E-state index < -0.39 is 0 Å². The molecule has 0 radical (unpaired) electrons. The van der Waals surface area contributed by atoms with Crippen LogP contribution >= 0.6 is 0 Å². The number of rotatable bonds is 3. The first-order chi connectivity index (χ1) is 4.66. The molecule has 0 aromatic carbocycles. The number of hydrogen-bond acceptors (Lipinski definition) is 4. The topological polar surface area (TPSA) is 64.3 Å². The zero-order chi connectivity index (χ0) is 7.98. The van der Waals surface area contributed by atoms with Crippen LogP contribution < -0.4 is 11.1 Å². The number of carbonyl (C=O) groups is 1. The Morgan fingerprint density at radius 2 is 2.40 bits per heavy atom. The van der Waals surface area contributed by atoms with Gasteiger partial charge in [-0.2, -0.15) is 0 Å². The minimum Gasteiger partial charge on any atom is -0.468 e. The van der Waals surface area contributed by atoms with Crippen molar-refractivity contribution in [1.29, 1.82) is 0 Å². The van der Waals surface area contributed by atoms with Crippen molar-refractivity contribution in [2.24, 2.45) is 5.73 Å². The maximum Gasteiger partial charge on any atom is 0.325 e. The van der Waals surface area contributed by atoms with Crippen LogP contribution in [0.25, 0.3) is 0 Å². The predicted octanol–water partition coefficient (Wildman–Crippen LogP) is -0.431. The average molecular weight is 144 g/mol. The lowest BCUT2D eigenvalue weighted by Gasteiger charge is -1.98. The largest absolute Gasteiger partial charge is 0.468 e. The Hall–Kier alpha value is -1.19. The molecule has 0 aliphatic carbocycles. The number of ether oxygens (including phenoxy) is 1. The van der Waals surface area contributed by atoms with E-state index in [4.69, 9.17) is 5.73 Å². The van der Waals surface area contributed by atoms with Crippen molar-refractivity contribution >= 4 is 5.97 Å². The van der Waals surface area contributed by atoms with Gasteiger partial charge in [-0.3, -0.25) is 4.79 Å². The number of carbonyl (C=O) groups excluding carboxylic acids is 1. The highest BCUT2D eigenvalue weighted by Crippen LogP contribution is 1.74. The van der Waals surface area contributed by atoms with E-state index in [0.717, 1.165) is 0 Å². The van der Waals surface area contributed by atoms with Gasteiger partial charge in [0, 0.05) is 11.9 Å². The fraction of sp³-hybridized carbons (Fsp3) is 0.500. The molecule has 4 nitrogen and oxygen atoms in total. The number of hydrogen-bond donors (Lipinski definition) is 2. The van der Waals surface area contributed by atoms with Gasteiger partial charge in [-0.15, -0.1) is 0 Å². The highest BCUT2D eigenvalue weighted by atomic mass is 16.5. The number of allylic oxidation sites excluding steroid dienone is 1. The average Bonchev–Trinajstić information content (AvgIpc) is 1.87. The van der Waals surface area contributed by atoms with E-state index in [1.165, 1.54) is 7.11 Å². The van der Waals surface area contributed by atoms with E-state index in [0.29, 0.717) is 5.70 Å². The molecule has 0 atom stereocenters. The molecule has 0 bridgehead atoms. The third kappa shape index (κ3) is 4.96. The van der Waals surface area contributed by atoms with Gasteiger partial charge in [0.1, 0.15) is 6.54 Å². The molecule has 0 saturated carbocycles. The van der Waals surface area contributed by atoms with Crippen LogP contribution in [0.2, 0.25) is 0 Å². The van der Waals surface area contributed by atoms with Gasteiger partial charge in [0.05, 0.1) is 7.11 Å². The highest BCUT2D eigenvalue weighted by molar-refractivity contribution is 5.71. The molecule has 4 heteroatoms. The molecule has 3 N–H and O–H groups in total. The molecule has 0 heterocycles. The number of methoxy groups -OCH3 is 1. The molecule has 0 rings (SSSR count). The lowest BCUT2D eigenvalue weighted by molar-refractivity contribution is -0.139. The fourth-order valence-corrected chi connectivity index (χ4v) is 0.368. The Morgan fingerprint density at radius 1 is 1.80 bits per heavy atom. The summed E-state index contributed by atoms with van der Waals surface area (Å²) in [5.41, 5.74) is 5.90. The fourth-order valence-electron chi connectivity index (χ4n) is 0.368. The van der Waals surface area contributed by atoms with Gasteiger partial charge >= 0.3 is 5.97 Å². The summed E-state index contributed by atoms with van der Waals surface area (Å²) in [5, 5.41) is 2.67. The number of nitrogens with one attached hydrogen (secondary N) is 1. The van der Waals surface area contributed by atoms with Crippen molar-refractivity contribution in [3.05, 3.63) is 11.9 Å². The smallest absolute Gasteiger partial charge is 0.325 e. The van der Waals surface area contributed by atoms with Crippen LogP contribution in [0.5, 0.6) is 0 Å². The second-order valence-electron chi connectivity index (χ2n) is 1.85. The maximum absolute atomic E-state index is 10.4. The molecule has 0 aromatic heterocycles. The molecule has 0 fully saturated rings. The van der Waals surface area contributed by atoms with Crippen molar-refractivity contribution in [2.45, 2.75) is 6.92 Å². The molecule has 0 spiro atoms. The summed E-state index contributed by atoms with van der Waals surface area (Å²) in [6.45, 7) is 1.88. The Labute approximate surface area is 60.0 Å². The summed E-state index contributed by atoms with van der Waals surface area (Å²) in [6.07, 6.45) is 1.55. The molecule has 0 aromatic rings. The van der Waals surface area contributed by atoms with E-state index in [9.17, 15) is 4.79 Å². The standard InChI is InChI=1S/C6H12N2O2/c1-5(7)3-8-4-6(9)10-2/h3,8H,4,7H2,1-2H3. The third-order valence-electron chi connectivity index (χ3n) is 0.804. The molecule has 0 aliphatic heterocycles. The summed E-state index contributed by atoms with van der Waals surface area (Å²) in [6, 6.07) is 0. The monoisotopic (exact) mass is 144 g/mol. The van der Waals surface area contributed by atoms with Gasteiger partial charge < -0.3 is 15.8 Å². The van der Waals surface area contributed by atoms with Crippen LogP contribution in [0.1, 0.15) is 6.92 Å². The molecule has 58 valence electrons. The molecular formula is C6H12N2O2. The van der Waals surface area contributed by atoms with Gasteiger partial charge in [0.25, 0.3) is 0 Å². The summed E-state index contributed by atoms with van der Waals surface area (Å²) in [5.74, 6) is -0.308. The van der Waals surface area contributed by atoms with Crippen molar-refractivity contribution < 1.29 is 9.53 Å². The lowest BCUT2D eigenvalue weighted by atomic mass is 10.5. The van der Waals surface area contributed by atoms with E-state index in [2.05, 4.69) is 10.1 Å². The van der Waals surface area contributed by atoms with Gasteiger partial charge in [0.2, 0.25) is 0 Å². The molecule has 0 saturated heterocycles. The van der Waals surface area contributed by atoms with E-state index in [1.807, 2.05) is 0 Å². The van der Waals surface area contributed by atoms with Crippen LogP contribution in [0.15, 0.2) is 11.9 Å². The Morgan fingerprint density at radius 3 is 2.80 bits per heavy atom. The Kier molecular flexibility index (Phi) is 4.11. The van der Waals surface area contributed by atoms with E-state index in [-0.39, 0.29) is 12.5 Å². The highest BCUT2D eigenvalue weighted by Gasteiger charge is 1.94. The van der Waals surface area contributed by atoms with Crippen LogP contribution in [0.3, 0.4) is 0 Å².